The van der Waals surface area contributed by atoms with Crippen LogP contribution in [0.1, 0.15) is 45.4 Å². The topological polar surface area (TPSA) is 56.7 Å². The SMILES string of the molecule is CCNC(=NCCCF)NC1CCN(C(=O)C2CCCC2)C1. The molecule has 2 rings (SSSR count). The van der Waals surface area contributed by atoms with E-state index >= 15 is 0 Å². The summed E-state index contributed by atoms with van der Waals surface area (Å²) in [4.78, 5) is 18.8. The van der Waals surface area contributed by atoms with Gasteiger partial charge in [-0.25, -0.2) is 0 Å². The standard InChI is InChI=1S/C16H29FN4O/c1-2-18-16(19-10-5-9-17)20-14-8-11-21(12-14)15(22)13-6-3-4-7-13/h13-14H,2-12H2,1H3,(H2,18,19,20). The van der Waals surface area contributed by atoms with Crippen molar-refractivity contribution in [3.63, 3.8) is 0 Å². The summed E-state index contributed by atoms with van der Waals surface area (Å²) in [5, 5.41) is 6.55. The molecule has 1 heterocycles. The predicted molar refractivity (Wildman–Crippen MR) is 86.6 cm³/mol. The van der Waals surface area contributed by atoms with Crippen LogP contribution in [0.25, 0.3) is 0 Å². The number of rotatable bonds is 6. The van der Waals surface area contributed by atoms with Gasteiger partial charge in [0.2, 0.25) is 5.91 Å². The molecule has 5 nitrogen and oxygen atoms in total. The summed E-state index contributed by atoms with van der Waals surface area (Å²) in [5.74, 6) is 1.32. The first-order valence-corrected chi connectivity index (χ1v) is 8.64. The van der Waals surface area contributed by atoms with Gasteiger partial charge in [-0.3, -0.25) is 14.2 Å². The van der Waals surface area contributed by atoms with Gasteiger partial charge in [-0.1, -0.05) is 12.8 Å². The van der Waals surface area contributed by atoms with Crippen LogP contribution in [0.2, 0.25) is 0 Å². The van der Waals surface area contributed by atoms with Crippen molar-refractivity contribution in [1.29, 1.82) is 0 Å². The molecule has 0 aromatic rings. The van der Waals surface area contributed by atoms with Gasteiger partial charge >= 0.3 is 0 Å². The summed E-state index contributed by atoms with van der Waals surface area (Å²) in [7, 11) is 0. The fourth-order valence-electron chi connectivity index (χ4n) is 3.27. The Labute approximate surface area is 132 Å². The Bertz CT molecular complexity index is 382. The monoisotopic (exact) mass is 312 g/mol. The van der Waals surface area contributed by atoms with Gasteiger partial charge in [-0.2, -0.15) is 0 Å². The Morgan fingerprint density at radius 2 is 2.09 bits per heavy atom. The van der Waals surface area contributed by atoms with E-state index in [0.717, 1.165) is 44.9 Å². The van der Waals surface area contributed by atoms with Crippen molar-refractivity contribution < 1.29 is 9.18 Å². The lowest BCUT2D eigenvalue weighted by molar-refractivity contribution is -0.134. The van der Waals surface area contributed by atoms with Crippen molar-refractivity contribution in [2.24, 2.45) is 10.9 Å². The third-order valence-corrected chi connectivity index (χ3v) is 4.45. The van der Waals surface area contributed by atoms with Gasteiger partial charge in [-0.05, 0) is 32.6 Å². The highest BCUT2D eigenvalue weighted by Gasteiger charge is 2.32. The number of hydrogen-bond donors (Lipinski definition) is 2. The predicted octanol–water partition coefficient (Wildman–Crippen LogP) is 1.69. The number of amides is 1. The second-order valence-electron chi connectivity index (χ2n) is 6.20. The van der Waals surface area contributed by atoms with Crippen molar-refractivity contribution in [3.05, 3.63) is 0 Å². The minimum atomic E-state index is -0.337. The van der Waals surface area contributed by atoms with Crippen LogP contribution in [-0.4, -0.2) is 55.7 Å². The second kappa shape index (κ2) is 8.96. The minimum absolute atomic E-state index is 0.244. The van der Waals surface area contributed by atoms with Gasteiger partial charge in [0.15, 0.2) is 5.96 Å². The third-order valence-electron chi connectivity index (χ3n) is 4.45. The van der Waals surface area contributed by atoms with Crippen LogP contribution in [-0.2, 0) is 4.79 Å². The summed E-state index contributed by atoms with van der Waals surface area (Å²) in [6.07, 6.45) is 5.90. The maximum Gasteiger partial charge on any atom is 0.225 e. The second-order valence-corrected chi connectivity index (χ2v) is 6.20. The van der Waals surface area contributed by atoms with E-state index in [1.807, 2.05) is 11.8 Å². The number of halogens is 1. The molecular formula is C16H29FN4O. The molecule has 1 saturated carbocycles. The summed E-state index contributed by atoms with van der Waals surface area (Å²) in [6, 6.07) is 0.244. The van der Waals surface area contributed by atoms with E-state index < -0.39 is 0 Å². The van der Waals surface area contributed by atoms with Crippen LogP contribution in [0.15, 0.2) is 4.99 Å². The first-order chi connectivity index (χ1) is 10.7. The van der Waals surface area contributed by atoms with Gasteiger partial charge in [0.05, 0.1) is 6.67 Å². The molecule has 1 aliphatic carbocycles. The van der Waals surface area contributed by atoms with Gasteiger partial charge in [0.25, 0.3) is 0 Å². The molecule has 1 saturated heterocycles. The van der Waals surface area contributed by atoms with Crippen molar-refractivity contribution in [3.8, 4) is 0 Å². The molecule has 2 fully saturated rings. The summed E-state index contributed by atoms with van der Waals surface area (Å²) < 4.78 is 12.2. The number of guanidine groups is 1. The fourth-order valence-corrected chi connectivity index (χ4v) is 3.27. The molecule has 126 valence electrons. The molecule has 0 aromatic carbocycles. The summed E-state index contributed by atoms with van der Waals surface area (Å²) in [6.45, 7) is 4.52. The van der Waals surface area contributed by atoms with Gasteiger partial charge in [0.1, 0.15) is 0 Å². The van der Waals surface area contributed by atoms with E-state index in [1.54, 1.807) is 0 Å². The number of carbonyl (C=O) groups is 1. The minimum Gasteiger partial charge on any atom is -0.357 e. The lowest BCUT2D eigenvalue weighted by Crippen LogP contribution is -2.45. The number of aliphatic imine (C=N–C) groups is 1. The van der Waals surface area contributed by atoms with E-state index in [2.05, 4.69) is 15.6 Å². The molecule has 6 heteroatoms. The normalized spacial score (nSPS) is 23.1. The zero-order chi connectivity index (χ0) is 15.8. The molecule has 0 bridgehead atoms. The first kappa shape index (κ1) is 17.0. The number of alkyl halides is 1. The van der Waals surface area contributed by atoms with E-state index in [-0.39, 0.29) is 18.6 Å². The maximum atomic E-state index is 12.4. The molecular weight excluding hydrogens is 283 g/mol. The molecule has 1 atom stereocenters. The van der Waals surface area contributed by atoms with Crippen LogP contribution in [0.3, 0.4) is 0 Å². The highest BCUT2D eigenvalue weighted by molar-refractivity contribution is 5.81. The average Bonchev–Trinajstić information content (AvgIpc) is 3.18. The van der Waals surface area contributed by atoms with E-state index in [1.165, 1.54) is 12.8 Å². The highest BCUT2D eigenvalue weighted by atomic mass is 19.1. The van der Waals surface area contributed by atoms with Crippen molar-refractivity contribution in [2.45, 2.75) is 51.5 Å². The van der Waals surface area contributed by atoms with Crippen LogP contribution >= 0.6 is 0 Å². The largest absolute Gasteiger partial charge is 0.357 e. The van der Waals surface area contributed by atoms with Gasteiger partial charge in [-0.15, -0.1) is 0 Å². The Morgan fingerprint density at radius 1 is 1.32 bits per heavy atom. The zero-order valence-electron chi connectivity index (χ0n) is 13.6. The quantitative estimate of drug-likeness (QED) is 0.446. The highest BCUT2D eigenvalue weighted by Crippen LogP contribution is 2.27. The summed E-state index contributed by atoms with van der Waals surface area (Å²) in [5.41, 5.74) is 0. The van der Waals surface area contributed by atoms with Crippen LogP contribution in [0.4, 0.5) is 4.39 Å². The third kappa shape index (κ3) is 4.85. The Balaban J connectivity index is 1.80. The lowest BCUT2D eigenvalue weighted by Gasteiger charge is -2.21. The number of likely N-dealkylation sites (tertiary alicyclic amines) is 1. The number of hydrogen-bond acceptors (Lipinski definition) is 2. The number of nitrogens with one attached hydrogen (secondary N) is 2. The first-order valence-electron chi connectivity index (χ1n) is 8.64. The van der Waals surface area contributed by atoms with Gasteiger partial charge < -0.3 is 15.5 Å². The molecule has 22 heavy (non-hydrogen) atoms. The molecule has 1 aliphatic heterocycles. The van der Waals surface area contributed by atoms with Gasteiger partial charge in [0, 0.05) is 38.1 Å². The van der Waals surface area contributed by atoms with Crippen molar-refractivity contribution in [1.82, 2.24) is 15.5 Å². The molecule has 1 amide bonds. The molecule has 0 spiro atoms. The smallest absolute Gasteiger partial charge is 0.225 e. The Kier molecular flexibility index (Phi) is 6.93. The van der Waals surface area contributed by atoms with Crippen molar-refractivity contribution >= 4 is 11.9 Å². The number of carbonyl (C=O) groups excluding carboxylic acids is 1. The molecule has 2 aliphatic rings. The molecule has 2 N–H and O–H groups in total. The van der Waals surface area contributed by atoms with Crippen LogP contribution in [0, 0.1) is 5.92 Å². The molecule has 0 aromatic heterocycles. The lowest BCUT2D eigenvalue weighted by atomic mass is 10.1. The van der Waals surface area contributed by atoms with Crippen LogP contribution < -0.4 is 10.6 Å². The van der Waals surface area contributed by atoms with E-state index in [4.69, 9.17) is 0 Å². The average molecular weight is 312 g/mol. The Morgan fingerprint density at radius 3 is 2.77 bits per heavy atom. The van der Waals surface area contributed by atoms with Crippen LogP contribution in [0.5, 0.6) is 0 Å². The number of nitrogens with zero attached hydrogens (tertiary/aromatic N) is 2. The molecule has 1 unspecified atom stereocenters. The zero-order valence-corrected chi connectivity index (χ0v) is 13.6. The Hall–Kier alpha value is -1.33. The summed E-state index contributed by atoms with van der Waals surface area (Å²) >= 11 is 0. The molecule has 0 radical (unpaired) electrons. The van der Waals surface area contributed by atoms with E-state index in [9.17, 15) is 9.18 Å². The van der Waals surface area contributed by atoms with E-state index in [0.29, 0.717) is 18.9 Å². The maximum absolute atomic E-state index is 12.4. The van der Waals surface area contributed by atoms with Crippen molar-refractivity contribution in [2.75, 3.05) is 32.9 Å². The fraction of sp³-hybridized carbons (Fsp3) is 0.875.